The van der Waals surface area contributed by atoms with Gasteiger partial charge in [-0.3, -0.25) is 4.90 Å². The van der Waals surface area contributed by atoms with E-state index in [1.165, 1.54) is 12.8 Å². The monoisotopic (exact) mass is 282 g/mol. The predicted molar refractivity (Wildman–Crippen MR) is 84.8 cm³/mol. The normalized spacial score (nSPS) is 37.5. The summed E-state index contributed by atoms with van der Waals surface area (Å²) in [4.78, 5) is 2.64. The summed E-state index contributed by atoms with van der Waals surface area (Å²) < 4.78 is 0. The molecule has 0 radical (unpaired) electrons. The molecule has 1 aliphatic carbocycles. The van der Waals surface area contributed by atoms with Gasteiger partial charge in [-0.05, 0) is 43.4 Å². The van der Waals surface area contributed by atoms with Crippen LogP contribution in [-0.2, 0) is 0 Å². The zero-order chi connectivity index (χ0) is 14.9. The molecule has 3 nitrogen and oxygen atoms in total. The van der Waals surface area contributed by atoms with Gasteiger partial charge in [0, 0.05) is 31.7 Å². The molecule has 2 aliphatic rings. The van der Waals surface area contributed by atoms with Crippen LogP contribution in [0.15, 0.2) is 0 Å². The molecule has 3 heteroatoms. The molecule has 3 unspecified atom stereocenters. The van der Waals surface area contributed by atoms with Crippen LogP contribution >= 0.6 is 0 Å². The zero-order valence-electron chi connectivity index (χ0n) is 14.0. The molecule has 0 aromatic heterocycles. The van der Waals surface area contributed by atoms with Crippen LogP contribution in [-0.4, -0.2) is 47.8 Å². The van der Waals surface area contributed by atoms with E-state index in [1.807, 2.05) is 6.92 Å². The van der Waals surface area contributed by atoms with Gasteiger partial charge < -0.3 is 10.4 Å². The van der Waals surface area contributed by atoms with Crippen LogP contribution in [0.4, 0.5) is 0 Å². The van der Waals surface area contributed by atoms with E-state index in [2.05, 4.69) is 37.9 Å². The lowest BCUT2D eigenvalue weighted by Crippen LogP contribution is -2.57. The van der Waals surface area contributed by atoms with E-state index in [1.54, 1.807) is 0 Å². The average molecular weight is 282 g/mol. The second-order valence-corrected chi connectivity index (χ2v) is 8.56. The van der Waals surface area contributed by atoms with Crippen molar-refractivity contribution < 1.29 is 5.11 Å². The Kier molecular flexibility index (Phi) is 5.14. The molecule has 1 aliphatic heterocycles. The van der Waals surface area contributed by atoms with E-state index in [0.29, 0.717) is 17.4 Å². The molecule has 1 heterocycles. The van der Waals surface area contributed by atoms with Gasteiger partial charge in [-0.15, -0.1) is 0 Å². The summed E-state index contributed by atoms with van der Waals surface area (Å²) >= 11 is 0. The van der Waals surface area contributed by atoms with Crippen LogP contribution < -0.4 is 5.32 Å². The summed E-state index contributed by atoms with van der Waals surface area (Å²) in [7, 11) is 0. The lowest BCUT2D eigenvalue weighted by atomic mass is 9.78. The number of hydrogen-bond acceptors (Lipinski definition) is 3. The van der Waals surface area contributed by atoms with Gasteiger partial charge in [0.25, 0.3) is 0 Å². The van der Waals surface area contributed by atoms with Crippen LogP contribution in [0.2, 0.25) is 0 Å². The minimum absolute atomic E-state index is 0.186. The largest absolute Gasteiger partial charge is 0.393 e. The highest BCUT2D eigenvalue weighted by atomic mass is 16.3. The Morgan fingerprint density at radius 1 is 1.20 bits per heavy atom. The minimum Gasteiger partial charge on any atom is -0.393 e. The SMILES string of the molecule is CC1CC(N2CC(NCC(C)(C)C)CC(C(C)O)C2)C1. The topological polar surface area (TPSA) is 35.5 Å². The maximum atomic E-state index is 10.0. The number of piperidine rings is 1. The Morgan fingerprint density at radius 3 is 2.35 bits per heavy atom. The summed E-state index contributed by atoms with van der Waals surface area (Å²) in [5.41, 5.74) is 0.327. The first-order chi connectivity index (χ1) is 9.24. The number of likely N-dealkylation sites (tertiary alicyclic amines) is 1. The Hall–Kier alpha value is -0.120. The Morgan fingerprint density at radius 2 is 1.85 bits per heavy atom. The third kappa shape index (κ3) is 4.44. The van der Waals surface area contributed by atoms with Crippen molar-refractivity contribution in [1.82, 2.24) is 10.2 Å². The second-order valence-electron chi connectivity index (χ2n) is 8.56. The number of aliphatic hydroxyl groups is 1. The molecule has 0 aromatic rings. The van der Waals surface area contributed by atoms with E-state index in [0.717, 1.165) is 38.0 Å². The molecule has 20 heavy (non-hydrogen) atoms. The Bertz CT molecular complexity index is 305. The van der Waals surface area contributed by atoms with E-state index >= 15 is 0 Å². The quantitative estimate of drug-likeness (QED) is 0.831. The fourth-order valence-electron chi connectivity index (χ4n) is 3.58. The van der Waals surface area contributed by atoms with Crippen molar-refractivity contribution >= 4 is 0 Å². The highest BCUT2D eigenvalue weighted by molar-refractivity contribution is 4.93. The van der Waals surface area contributed by atoms with Crippen LogP contribution in [0.3, 0.4) is 0 Å². The molecule has 0 aromatic carbocycles. The van der Waals surface area contributed by atoms with Crippen molar-refractivity contribution in [2.24, 2.45) is 17.3 Å². The molecular weight excluding hydrogens is 248 g/mol. The summed E-state index contributed by atoms with van der Waals surface area (Å²) in [6, 6.07) is 1.31. The number of nitrogens with zero attached hydrogens (tertiary/aromatic N) is 1. The van der Waals surface area contributed by atoms with Crippen LogP contribution in [0, 0.1) is 17.3 Å². The fraction of sp³-hybridized carbons (Fsp3) is 1.00. The lowest BCUT2D eigenvalue weighted by molar-refractivity contribution is -0.00389. The van der Waals surface area contributed by atoms with Gasteiger partial charge in [0.1, 0.15) is 0 Å². The molecule has 1 saturated carbocycles. The second kappa shape index (κ2) is 6.33. The average Bonchev–Trinajstić information content (AvgIpc) is 2.31. The summed E-state index contributed by atoms with van der Waals surface area (Å²) in [6.07, 6.45) is 3.62. The molecule has 3 atom stereocenters. The van der Waals surface area contributed by atoms with Crippen molar-refractivity contribution in [2.45, 2.75) is 72.1 Å². The van der Waals surface area contributed by atoms with Crippen molar-refractivity contribution in [1.29, 1.82) is 0 Å². The van der Waals surface area contributed by atoms with Gasteiger partial charge in [0.15, 0.2) is 0 Å². The number of rotatable bonds is 4. The van der Waals surface area contributed by atoms with Gasteiger partial charge >= 0.3 is 0 Å². The third-order valence-corrected chi connectivity index (χ3v) is 4.98. The first-order valence-corrected chi connectivity index (χ1v) is 8.40. The fourth-order valence-corrected chi connectivity index (χ4v) is 3.58. The van der Waals surface area contributed by atoms with E-state index in [4.69, 9.17) is 0 Å². The summed E-state index contributed by atoms with van der Waals surface area (Å²) in [5.74, 6) is 1.32. The number of hydrogen-bond donors (Lipinski definition) is 2. The van der Waals surface area contributed by atoms with Gasteiger partial charge in [-0.2, -0.15) is 0 Å². The molecule has 1 saturated heterocycles. The maximum Gasteiger partial charge on any atom is 0.0553 e. The molecule has 2 fully saturated rings. The molecule has 2 rings (SSSR count). The number of aliphatic hydroxyl groups excluding tert-OH is 1. The van der Waals surface area contributed by atoms with Gasteiger partial charge in [-0.1, -0.05) is 27.7 Å². The van der Waals surface area contributed by atoms with E-state index in [-0.39, 0.29) is 6.10 Å². The van der Waals surface area contributed by atoms with Crippen molar-refractivity contribution in [3.05, 3.63) is 0 Å². The first-order valence-electron chi connectivity index (χ1n) is 8.40. The van der Waals surface area contributed by atoms with Crippen molar-refractivity contribution in [2.75, 3.05) is 19.6 Å². The smallest absolute Gasteiger partial charge is 0.0553 e. The molecule has 2 N–H and O–H groups in total. The molecule has 0 bridgehead atoms. The minimum atomic E-state index is -0.186. The highest BCUT2D eigenvalue weighted by Crippen LogP contribution is 2.34. The lowest BCUT2D eigenvalue weighted by Gasteiger charge is -2.48. The third-order valence-electron chi connectivity index (χ3n) is 4.98. The Labute approximate surface area is 125 Å². The molecular formula is C17H34N2O. The molecule has 0 amide bonds. The summed E-state index contributed by atoms with van der Waals surface area (Å²) in [6.45, 7) is 14.4. The van der Waals surface area contributed by atoms with Crippen LogP contribution in [0.5, 0.6) is 0 Å². The van der Waals surface area contributed by atoms with Gasteiger partial charge in [0.2, 0.25) is 0 Å². The van der Waals surface area contributed by atoms with E-state index in [9.17, 15) is 5.11 Å². The van der Waals surface area contributed by atoms with Gasteiger partial charge in [-0.25, -0.2) is 0 Å². The molecule has 118 valence electrons. The predicted octanol–water partition coefficient (Wildman–Crippen LogP) is 2.49. The highest BCUT2D eigenvalue weighted by Gasteiger charge is 2.37. The summed E-state index contributed by atoms with van der Waals surface area (Å²) in [5, 5.41) is 13.7. The standard InChI is InChI=1S/C17H34N2O/c1-12-6-16(7-12)19-9-14(13(2)20)8-15(10-19)18-11-17(3,4)5/h12-16,18,20H,6-11H2,1-5H3. The van der Waals surface area contributed by atoms with Crippen molar-refractivity contribution in [3.63, 3.8) is 0 Å². The van der Waals surface area contributed by atoms with Crippen LogP contribution in [0.25, 0.3) is 0 Å². The maximum absolute atomic E-state index is 10.0. The Balaban J connectivity index is 1.90. The van der Waals surface area contributed by atoms with Crippen LogP contribution in [0.1, 0.15) is 53.9 Å². The molecule has 0 spiro atoms. The number of nitrogens with one attached hydrogen (secondary N) is 1. The van der Waals surface area contributed by atoms with Crippen molar-refractivity contribution in [3.8, 4) is 0 Å². The first kappa shape index (κ1) is 16.3. The van der Waals surface area contributed by atoms with Gasteiger partial charge in [0.05, 0.1) is 6.10 Å². The zero-order valence-corrected chi connectivity index (χ0v) is 14.0. The van der Waals surface area contributed by atoms with E-state index < -0.39 is 0 Å².